The van der Waals surface area contributed by atoms with Crippen LogP contribution in [0.3, 0.4) is 0 Å². The summed E-state index contributed by atoms with van der Waals surface area (Å²) in [5.41, 5.74) is 1.97. The number of furan rings is 1. The zero-order chi connectivity index (χ0) is 15.4. The van der Waals surface area contributed by atoms with Gasteiger partial charge in [-0.25, -0.2) is 0 Å². The molecule has 0 radical (unpaired) electrons. The molecule has 116 valence electrons. The molecule has 3 rings (SSSR count). The number of carbonyl (C=O) groups is 1. The Morgan fingerprint density at radius 3 is 3.09 bits per heavy atom. The normalized spacial score (nSPS) is 17.0. The van der Waals surface area contributed by atoms with Gasteiger partial charge in [0.25, 0.3) is 0 Å². The highest BCUT2D eigenvalue weighted by Crippen LogP contribution is 2.30. The Kier molecular flexibility index (Phi) is 4.80. The van der Waals surface area contributed by atoms with E-state index in [-0.39, 0.29) is 18.6 Å². The van der Waals surface area contributed by atoms with E-state index >= 15 is 0 Å². The summed E-state index contributed by atoms with van der Waals surface area (Å²) in [6.07, 6.45) is 4.58. The summed E-state index contributed by atoms with van der Waals surface area (Å²) < 4.78 is 10.9. The van der Waals surface area contributed by atoms with Crippen LogP contribution in [0.15, 0.2) is 41.0 Å². The highest BCUT2D eigenvalue weighted by Gasteiger charge is 2.23. The molecule has 1 unspecified atom stereocenters. The summed E-state index contributed by atoms with van der Waals surface area (Å²) in [6.45, 7) is 0.351. The predicted octanol–water partition coefficient (Wildman–Crippen LogP) is 3.64. The van der Waals surface area contributed by atoms with E-state index in [2.05, 4.69) is 5.32 Å². The molecule has 1 aliphatic carbocycles. The molecule has 0 fully saturated rings. The van der Waals surface area contributed by atoms with Gasteiger partial charge in [-0.2, -0.15) is 0 Å². The lowest BCUT2D eigenvalue weighted by atomic mass is 9.93. The molecule has 2 aromatic rings. The first kappa shape index (κ1) is 15.1. The molecule has 0 saturated heterocycles. The maximum Gasteiger partial charge on any atom is 0.246 e. The molecule has 1 N–H and O–H groups in total. The Bertz CT molecular complexity index is 653. The summed E-state index contributed by atoms with van der Waals surface area (Å²) in [6, 6.07) is 9.42. The fourth-order valence-electron chi connectivity index (χ4n) is 2.74. The van der Waals surface area contributed by atoms with Crippen molar-refractivity contribution in [1.82, 2.24) is 5.32 Å². The first-order chi connectivity index (χ1) is 10.7. The molecular formula is C17H18ClNO3. The van der Waals surface area contributed by atoms with Crippen molar-refractivity contribution in [3.05, 3.63) is 58.5 Å². The van der Waals surface area contributed by atoms with Gasteiger partial charge >= 0.3 is 0 Å². The molecule has 1 amide bonds. The largest absolute Gasteiger partial charge is 0.469 e. The van der Waals surface area contributed by atoms with Crippen molar-refractivity contribution in [2.24, 2.45) is 0 Å². The maximum atomic E-state index is 12.0. The fraction of sp³-hybridized carbons (Fsp3) is 0.353. The minimum atomic E-state index is -0.119. The van der Waals surface area contributed by atoms with E-state index in [9.17, 15) is 4.79 Å². The topological polar surface area (TPSA) is 51.5 Å². The van der Waals surface area contributed by atoms with E-state index in [1.54, 1.807) is 6.26 Å². The molecule has 5 heteroatoms. The Hall–Kier alpha value is -1.78. The highest BCUT2D eigenvalue weighted by atomic mass is 35.5. The molecule has 1 atom stereocenters. The molecule has 0 spiro atoms. The molecule has 0 saturated carbocycles. The summed E-state index contributed by atoms with van der Waals surface area (Å²) >= 11 is 6.05. The van der Waals surface area contributed by atoms with E-state index in [0.29, 0.717) is 11.6 Å². The van der Waals surface area contributed by atoms with Gasteiger partial charge in [-0.05, 0) is 30.5 Å². The molecule has 1 heterocycles. The number of ether oxygens (including phenoxy) is 1. The molecule has 1 aromatic carbocycles. The maximum absolute atomic E-state index is 12.0. The van der Waals surface area contributed by atoms with Gasteiger partial charge in [-0.15, -0.1) is 0 Å². The van der Waals surface area contributed by atoms with Crippen molar-refractivity contribution in [2.45, 2.75) is 31.9 Å². The van der Waals surface area contributed by atoms with E-state index < -0.39 is 0 Å². The lowest BCUT2D eigenvalue weighted by molar-refractivity contribution is -0.127. The van der Waals surface area contributed by atoms with Crippen LogP contribution in [0.1, 0.15) is 35.8 Å². The van der Waals surface area contributed by atoms with Crippen molar-refractivity contribution in [3.8, 4) is 0 Å². The Morgan fingerprint density at radius 2 is 2.23 bits per heavy atom. The third kappa shape index (κ3) is 3.51. The average Bonchev–Trinajstić information content (AvgIpc) is 2.99. The van der Waals surface area contributed by atoms with Crippen molar-refractivity contribution in [1.29, 1.82) is 0 Å². The number of halogens is 1. The second-order valence-electron chi connectivity index (χ2n) is 5.40. The number of nitrogens with one attached hydrogen (secondary N) is 1. The van der Waals surface area contributed by atoms with E-state index in [1.165, 1.54) is 0 Å². The Labute approximate surface area is 134 Å². The van der Waals surface area contributed by atoms with Crippen LogP contribution in [-0.4, -0.2) is 12.5 Å². The van der Waals surface area contributed by atoms with Gasteiger partial charge in [0.05, 0.1) is 18.9 Å². The average molecular weight is 320 g/mol. The van der Waals surface area contributed by atoms with Gasteiger partial charge in [0.2, 0.25) is 5.91 Å². The molecule has 0 aliphatic heterocycles. The lowest BCUT2D eigenvalue weighted by Crippen LogP contribution is -2.33. The summed E-state index contributed by atoms with van der Waals surface area (Å²) in [4.78, 5) is 12.0. The highest BCUT2D eigenvalue weighted by molar-refractivity contribution is 6.31. The smallest absolute Gasteiger partial charge is 0.246 e. The minimum Gasteiger partial charge on any atom is -0.469 e. The van der Waals surface area contributed by atoms with Gasteiger partial charge in [0, 0.05) is 17.0 Å². The zero-order valence-electron chi connectivity index (χ0n) is 12.2. The molecule has 22 heavy (non-hydrogen) atoms. The molecular weight excluding hydrogens is 302 g/mol. The summed E-state index contributed by atoms with van der Waals surface area (Å²) in [5, 5.41) is 3.66. The number of hydrogen-bond donors (Lipinski definition) is 1. The van der Waals surface area contributed by atoms with Crippen LogP contribution in [0.2, 0.25) is 5.02 Å². The van der Waals surface area contributed by atoms with E-state index in [4.69, 9.17) is 20.8 Å². The second-order valence-corrected chi connectivity index (χ2v) is 5.80. The predicted molar refractivity (Wildman–Crippen MR) is 83.6 cm³/mol. The first-order valence-electron chi connectivity index (χ1n) is 7.41. The Balaban J connectivity index is 1.49. The number of amides is 1. The van der Waals surface area contributed by atoms with Crippen LogP contribution in [0.4, 0.5) is 0 Å². The summed E-state index contributed by atoms with van der Waals surface area (Å²) in [5.74, 6) is 0.861. The van der Waals surface area contributed by atoms with Gasteiger partial charge in [-0.1, -0.05) is 29.8 Å². The van der Waals surface area contributed by atoms with Crippen molar-refractivity contribution < 1.29 is 13.9 Å². The molecule has 4 nitrogen and oxygen atoms in total. The van der Waals surface area contributed by atoms with Crippen molar-refractivity contribution in [3.63, 3.8) is 0 Å². The Morgan fingerprint density at radius 1 is 1.36 bits per heavy atom. The third-order valence-electron chi connectivity index (χ3n) is 3.84. The first-order valence-corrected chi connectivity index (χ1v) is 7.78. The number of hydrogen-bond acceptors (Lipinski definition) is 3. The minimum absolute atomic E-state index is 0.0227. The lowest BCUT2D eigenvalue weighted by Gasteiger charge is -2.22. The molecule has 1 aromatic heterocycles. The van der Waals surface area contributed by atoms with Crippen LogP contribution in [0.5, 0.6) is 0 Å². The number of carbonyl (C=O) groups excluding carboxylic acids is 1. The van der Waals surface area contributed by atoms with Crippen LogP contribution in [0, 0.1) is 0 Å². The second kappa shape index (κ2) is 6.99. The summed E-state index contributed by atoms with van der Waals surface area (Å²) in [7, 11) is 0. The van der Waals surface area contributed by atoms with Crippen LogP contribution in [-0.2, 0) is 22.6 Å². The van der Waals surface area contributed by atoms with Crippen molar-refractivity contribution in [2.75, 3.05) is 6.61 Å². The van der Waals surface area contributed by atoms with Crippen LogP contribution < -0.4 is 5.32 Å². The van der Waals surface area contributed by atoms with Gasteiger partial charge < -0.3 is 14.5 Å². The van der Waals surface area contributed by atoms with Gasteiger partial charge in [0.15, 0.2) is 0 Å². The van der Waals surface area contributed by atoms with Crippen LogP contribution >= 0.6 is 11.6 Å². The quantitative estimate of drug-likeness (QED) is 0.915. The molecule has 0 bridgehead atoms. The number of benzene rings is 1. The number of rotatable bonds is 5. The fourth-order valence-corrected chi connectivity index (χ4v) is 2.93. The van der Waals surface area contributed by atoms with E-state index in [1.807, 2.05) is 30.3 Å². The van der Waals surface area contributed by atoms with Crippen LogP contribution in [0.25, 0.3) is 0 Å². The monoisotopic (exact) mass is 319 g/mol. The van der Waals surface area contributed by atoms with Gasteiger partial charge in [0.1, 0.15) is 12.4 Å². The third-order valence-corrected chi connectivity index (χ3v) is 4.20. The van der Waals surface area contributed by atoms with E-state index in [0.717, 1.165) is 36.1 Å². The number of fused-ring (bicyclic) bond motifs is 1. The number of aryl methyl sites for hydroxylation is 1. The molecule has 1 aliphatic rings. The van der Waals surface area contributed by atoms with Crippen molar-refractivity contribution >= 4 is 17.5 Å². The zero-order valence-corrected chi connectivity index (χ0v) is 12.9. The van der Waals surface area contributed by atoms with Gasteiger partial charge in [-0.3, -0.25) is 4.79 Å². The standard InChI is InChI=1S/C17H18ClNO3/c18-14-5-2-1-4-12(14)10-21-11-17(20)19-15-6-3-7-16-13(15)8-9-22-16/h1-2,4-5,8-9,15H,3,6-7,10-11H2,(H,19,20). The SMILES string of the molecule is O=C(COCc1ccccc1Cl)NC1CCCc2occc21.